The van der Waals surface area contributed by atoms with Gasteiger partial charge in [0, 0.05) is 43.0 Å². The zero-order valence-corrected chi connectivity index (χ0v) is 22.9. The first-order valence-electron chi connectivity index (χ1n) is 13.4. The van der Waals surface area contributed by atoms with E-state index < -0.39 is 12.6 Å². The van der Waals surface area contributed by atoms with Crippen molar-refractivity contribution in [3.63, 3.8) is 0 Å². The van der Waals surface area contributed by atoms with Gasteiger partial charge in [-0.05, 0) is 65.2 Å². The summed E-state index contributed by atoms with van der Waals surface area (Å²) in [7, 11) is 0. The number of halogens is 3. The van der Waals surface area contributed by atoms with Gasteiger partial charge in [-0.3, -0.25) is 14.9 Å². The summed E-state index contributed by atoms with van der Waals surface area (Å²) in [5.74, 6) is 0.471. The minimum absolute atomic E-state index is 0.0278. The molecule has 1 saturated heterocycles. The van der Waals surface area contributed by atoms with E-state index in [1.807, 2.05) is 56.6 Å². The summed E-state index contributed by atoms with van der Waals surface area (Å²) < 4.78 is 38.3. The van der Waals surface area contributed by atoms with Crippen LogP contribution in [0.25, 0.3) is 16.8 Å². The fourth-order valence-corrected chi connectivity index (χ4v) is 4.87. The fraction of sp³-hybridized carbons (Fsp3) is 0.571. The molecule has 206 valence electrons. The molecule has 4 heterocycles. The lowest BCUT2D eigenvalue weighted by molar-refractivity contribution is 0.0552. The quantitative estimate of drug-likeness (QED) is 0.366. The van der Waals surface area contributed by atoms with Gasteiger partial charge in [0.25, 0.3) is 0 Å². The molecule has 10 heteroatoms. The molecule has 0 radical (unpaired) electrons. The van der Waals surface area contributed by atoms with Crippen LogP contribution in [-0.4, -0.2) is 68.0 Å². The number of aromatic nitrogens is 4. The van der Waals surface area contributed by atoms with E-state index in [4.69, 9.17) is 4.98 Å². The largest absolute Gasteiger partial charge is 0.347 e. The molecule has 7 nitrogen and oxygen atoms in total. The Morgan fingerprint density at radius 2 is 1.84 bits per heavy atom. The maximum absolute atomic E-state index is 14.9. The average molecular weight is 530 g/mol. The van der Waals surface area contributed by atoms with Gasteiger partial charge >= 0.3 is 0 Å². The van der Waals surface area contributed by atoms with Gasteiger partial charge in [0.05, 0.1) is 34.3 Å². The van der Waals surface area contributed by atoms with E-state index >= 15 is 0 Å². The summed E-state index contributed by atoms with van der Waals surface area (Å²) in [5.41, 5.74) is 6.34. The normalized spacial score (nSPS) is 20.1. The van der Waals surface area contributed by atoms with Gasteiger partial charge in [-0.25, -0.2) is 22.7 Å². The van der Waals surface area contributed by atoms with Gasteiger partial charge in [-0.15, -0.1) is 5.10 Å². The number of pyridine rings is 1. The molecule has 0 spiro atoms. The Labute approximate surface area is 222 Å². The number of hydrogen-bond acceptors (Lipinski definition) is 6. The molecule has 3 aromatic heterocycles. The number of nitrogens with one attached hydrogen (secondary N) is 1. The van der Waals surface area contributed by atoms with Crippen molar-refractivity contribution in [2.24, 2.45) is 4.99 Å². The second kappa shape index (κ2) is 12.2. The molecule has 0 amide bonds. The Morgan fingerprint density at radius 3 is 2.42 bits per heavy atom. The van der Waals surface area contributed by atoms with Crippen molar-refractivity contribution in [2.45, 2.75) is 91.4 Å². The van der Waals surface area contributed by atoms with Crippen LogP contribution in [0, 0.1) is 13.8 Å². The number of likely N-dealkylation sites (tertiary alicyclic amines) is 1. The van der Waals surface area contributed by atoms with Crippen LogP contribution < -0.4 is 5.32 Å². The highest BCUT2D eigenvalue weighted by atomic mass is 19.3. The summed E-state index contributed by atoms with van der Waals surface area (Å²) in [6.07, 6.45) is 3.32. The Hall–Kier alpha value is -3.01. The third-order valence-electron chi connectivity index (χ3n) is 7.15. The first-order chi connectivity index (χ1) is 18.2. The summed E-state index contributed by atoms with van der Waals surface area (Å²) in [6.45, 7) is 10.8. The maximum Gasteiger partial charge on any atom is 0.241 e. The predicted octanol–water partition coefficient (Wildman–Crippen LogP) is 6.56. The molecule has 3 aromatic rings. The molecule has 1 aliphatic carbocycles. The number of aliphatic imine (C=N–C) groups is 1. The van der Waals surface area contributed by atoms with Crippen LogP contribution in [-0.2, 0) is 0 Å². The number of fused-ring (bicyclic) bond motifs is 1. The van der Waals surface area contributed by atoms with E-state index in [1.54, 1.807) is 0 Å². The number of rotatable bonds is 6. The Kier molecular flexibility index (Phi) is 9.02. The molecule has 2 atom stereocenters. The van der Waals surface area contributed by atoms with Crippen molar-refractivity contribution in [2.75, 3.05) is 18.4 Å². The van der Waals surface area contributed by atoms with Crippen LogP contribution in [0.1, 0.15) is 64.3 Å². The predicted molar refractivity (Wildman–Crippen MR) is 147 cm³/mol. The lowest BCUT2D eigenvalue weighted by Crippen LogP contribution is -2.53. The molecule has 0 bridgehead atoms. The molecule has 1 aliphatic heterocycles. The van der Waals surface area contributed by atoms with Crippen LogP contribution in [0.3, 0.4) is 0 Å². The van der Waals surface area contributed by atoms with Gasteiger partial charge in [0.1, 0.15) is 6.17 Å². The summed E-state index contributed by atoms with van der Waals surface area (Å²) in [5, 5.41) is 7.90. The number of hydrogen-bond donors (Lipinski definition) is 1. The Bertz CT molecular complexity index is 1260. The number of aryl methyl sites for hydroxylation is 2. The van der Waals surface area contributed by atoms with Gasteiger partial charge < -0.3 is 5.32 Å². The number of anilines is 1. The zero-order valence-electron chi connectivity index (χ0n) is 22.9. The molecule has 38 heavy (non-hydrogen) atoms. The first-order valence-corrected chi connectivity index (χ1v) is 13.4. The number of alkyl halides is 3. The summed E-state index contributed by atoms with van der Waals surface area (Å²) in [6, 6.07) is 6.32. The lowest BCUT2D eigenvalue weighted by Gasteiger charge is -2.43. The van der Waals surface area contributed by atoms with E-state index in [-0.39, 0.29) is 12.5 Å². The minimum atomic E-state index is -2.12. The standard InChI is InChI=1S/C25H32FN7.C3H6F2/c1-15(2)27-21-8-9-22(28-16(21)3)19-10-13-33-24(19)17(4)29-25(31-33)30-23-11-12-32(14-20(23)26)18-6-5-7-18;1-2-3(4)5/h8-10,13,18,20,23H,5-7,11-12,14H2,1-4H3,(H,30,31);3H,2H2,1H3. The molecule has 5 rings (SSSR count). The van der Waals surface area contributed by atoms with Gasteiger partial charge in [0.2, 0.25) is 12.4 Å². The van der Waals surface area contributed by atoms with Crippen molar-refractivity contribution < 1.29 is 13.2 Å². The molecular weight excluding hydrogens is 491 g/mol. The van der Waals surface area contributed by atoms with E-state index in [2.05, 4.69) is 25.3 Å². The first kappa shape index (κ1) is 28.0. The number of piperidine rings is 1. The molecule has 0 aromatic carbocycles. The second-order valence-electron chi connectivity index (χ2n) is 10.3. The van der Waals surface area contributed by atoms with E-state index in [1.165, 1.54) is 26.2 Å². The minimum Gasteiger partial charge on any atom is -0.347 e. The highest BCUT2D eigenvalue weighted by Crippen LogP contribution is 2.31. The monoisotopic (exact) mass is 529 g/mol. The molecular formula is C28H38F3N7. The molecule has 2 fully saturated rings. The van der Waals surface area contributed by atoms with Crippen LogP contribution >= 0.6 is 0 Å². The summed E-state index contributed by atoms with van der Waals surface area (Å²) >= 11 is 0. The van der Waals surface area contributed by atoms with Crippen LogP contribution in [0.15, 0.2) is 29.4 Å². The van der Waals surface area contributed by atoms with Crippen molar-refractivity contribution >= 4 is 22.9 Å². The lowest BCUT2D eigenvalue weighted by atomic mass is 9.89. The fourth-order valence-electron chi connectivity index (χ4n) is 4.87. The molecule has 1 saturated carbocycles. The van der Waals surface area contributed by atoms with Crippen molar-refractivity contribution in [3.05, 3.63) is 35.8 Å². The van der Waals surface area contributed by atoms with E-state index in [0.29, 0.717) is 18.5 Å². The average Bonchev–Trinajstić information content (AvgIpc) is 3.26. The van der Waals surface area contributed by atoms with Crippen molar-refractivity contribution in [1.82, 2.24) is 24.5 Å². The van der Waals surface area contributed by atoms with Crippen LogP contribution in [0.2, 0.25) is 0 Å². The molecule has 1 N–H and O–H groups in total. The smallest absolute Gasteiger partial charge is 0.241 e. The summed E-state index contributed by atoms with van der Waals surface area (Å²) in [4.78, 5) is 16.3. The molecule has 2 aliphatic rings. The van der Waals surface area contributed by atoms with Gasteiger partial charge in [-0.1, -0.05) is 13.3 Å². The van der Waals surface area contributed by atoms with Crippen molar-refractivity contribution in [1.29, 1.82) is 0 Å². The zero-order chi connectivity index (χ0) is 27.4. The highest BCUT2D eigenvalue weighted by molar-refractivity contribution is 5.84. The third kappa shape index (κ3) is 6.51. The Morgan fingerprint density at radius 1 is 1.11 bits per heavy atom. The second-order valence-corrected chi connectivity index (χ2v) is 10.3. The van der Waals surface area contributed by atoms with Crippen LogP contribution in [0.5, 0.6) is 0 Å². The topological polar surface area (TPSA) is 70.7 Å². The SMILES string of the molecule is CC(C)=Nc1ccc(-c2ccn3nc(NC4CCN(C5CCC5)CC4F)nc(C)c23)nc1C.CCC(F)F. The van der Waals surface area contributed by atoms with E-state index in [0.717, 1.165) is 52.5 Å². The number of nitrogens with zero attached hydrogens (tertiary/aromatic N) is 6. The van der Waals surface area contributed by atoms with Gasteiger partial charge in [-0.2, -0.15) is 0 Å². The highest BCUT2D eigenvalue weighted by Gasteiger charge is 2.35. The van der Waals surface area contributed by atoms with Crippen LogP contribution in [0.4, 0.5) is 24.8 Å². The molecule has 2 unspecified atom stereocenters. The van der Waals surface area contributed by atoms with Gasteiger partial charge in [0.15, 0.2) is 0 Å². The van der Waals surface area contributed by atoms with Crippen molar-refractivity contribution in [3.8, 4) is 11.3 Å². The Balaban J connectivity index is 0.000000617. The third-order valence-corrected chi connectivity index (χ3v) is 7.15. The maximum atomic E-state index is 14.9. The van der Waals surface area contributed by atoms with E-state index in [9.17, 15) is 13.2 Å².